The molecule has 1 saturated carbocycles. The number of aryl methyl sites for hydroxylation is 1. The molecule has 1 nitrogen and oxygen atoms in total. The molecule has 0 aliphatic heterocycles. The van der Waals surface area contributed by atoms with Crippen LogP contribution < -0.4 is 0 Å². The maximum absolute atomic E-state index is 13.2. The Labute approximate surface area is 102 Å². The van der Waals surface area contributed by atoms with Crippen molar-refractivity contribution in [3.05, 3.63) is 35.1 Å². The van der Waals surface area contributed by atoms with E-state index in [1.165, 1.54) is 6.07 Å². The molecule has 92 valence electrons. The van der Waals surface area contributed by atoms with Crippen LogP contribution in [-0.4, -0.2) is 5.78 Å². The SMILES string of the molecule is CCC(=O)[C@@H]1[C@@H](c2ccc(F)c(C)c2)C1(C)C. The molecule has 0 heterocycles. The van der Waals surface area contributed by atoms with E-state index in [9.17, 15) is 9.18 Å². The highest BCUT2D eigenvalue weighted by Gasteiger charge is 2.61. The van der Waals surface area contributed by atoms with Gasteiger partial charge in [0.2, 0.25) is 0 Å². The first-order chi connectivity index (χ1) is 7.89. The molecule has 1 fully saturated rings. The minimum Gasteiger partial charge on any atom is -0.299 e. The van der Waals surface area contributed by atoms with Crippen LogP contribution in [0.3, 0.4) is 0 Å². The second-order valence-electron chi connectivity index (χ2n) is 5.61. The number of carbonyl (C=O) groups excluding carboxylic acids is 1. The molecule has 1 aromatic rings. The van der Waals surface area contributed by atoms with Crippen molar-refractivity contribution in [2.75, 3.05) is 0 Å². The number of Topliss-reactive ketones (excluding diaryl/α,β-unsaturated/α-hetero) is 1. The third kappa shape index (κ3) is 1.90. The molecule has 0 spiro atoms. The molecule has 2 heteroatoms. The summed E-state index contributed by atoms with van der Waals surface area (Å²) in [7, 11) is 0. The maximum atomic E-state index is 13.2. The van der Waals surface area contributed by atoms with Gasteiger partial charge in [-0.2, -0.15) is 0 Å². The summed E-state index contributed by atoms with van der Waals surface area (Å²) < 4.78 is 13.2. The van der Waals surface area contributed by atoms with Crippen LogP contribution in [0.4, 0.5) is 4.39 Å². The lowest BCUT2D eigenvalue weighted by molar-refractivity contribution is -0.120. The summed E-state index contributed by atoms with van der Waals surface area (Å²) in [6.45, 7) is 7.91. The lowest BCUT2D eigenvalue weighted by Gasteiger charge is -2.04. The van der Waals surface area contributed by atoms with Gasteiger partial charge in [0.05, 0.1) is 0 Å². The van der Waals surface area contributed by atoms with E-state index in [4.69, 9.17) is 0 Å². The van der Waals surface area contributed by atoms with E-state index in [1.54, 1.807) is 6.92 Å². The van der Waals surface area contributed by atoms with E-state index in [0.29, 0.717) is 17.8 Å². The predicted octanol–water partition coefficient (Wildman–Crippen LogP) is 3.85. The summed E-state index contributed by atoms with van der Waals surface area (Å²) in [4.78, 5) is 11.9. The van der Waals surface area contributed by atoms with Gasteiger partial charge in [-0.15, -0.1) is 0 Å². The topological polar surface area (TPSA) is 17.1 Å². The molecule has 1 aromatic carbocycles. The first kappa shape index (κ1) is 12.3. The first-order valence-electron chi connectivity index (χ1n) is 6.18. The molecule has 0 bridgehead atoms. The lowest BCUT2D eigenvalue weighted by Crippen LogP contribution is -2.03. The van der Waals surface area contributed by atoms with Crippen molar-refractivity contribution in [1.29, 1.82) is 0 Å². The smallest absolute Gasteiger partial charge is 0.136 e. The van der Waals surface area contributed by atoms with Crippen LogP contribution in [-0.2, 0) is 4.79 Å². The van der Waals surface area contributed by atoms with Crippen molar-refractivity contribution < 1.29 is 9.18 Å². The molecule has 0 aromatic heterocycles. The fraction of sp³-hybridized carbons (Fsp3) is 0.533. The van der Waals surface area contributed by atoms with Gasteiger partial charge >= 0.3 is 0 Å². The van der Waals surface area contributed by atoms with Crippen LogP contribution in [0.5, 0.6) is 0 Å². The molecule has 17 heavy (non-hydrogen) atoms. The fourth-order valence-corrected chi connectivity index (χ4v) is 2.94. The summed E-state index contributed by atoms with van der Waals surface area (Å²) in [6.07, 6.45) is 0.588. The highest BCUT2D eigenvalue weighted by atomic mass is 19.1. The summed E-state index contributed by atoms with van der Waals surface area (Å²) in [5.74, 6) is 0.513. The normalized spacial score (nSPS) is 25.7. The Hall–Kier alpha value is -1.18. The molecule has 0 N–H and O–H groups in total. The van der Waals surface area contributed by atoms with Gasteiger partial charge in [-0.1, -0.05) is 32.9 Å². The zero-order valence-electron chi connectivity index (χ0n) is 10.9. The Morgan fingerprint density at radius 2 is 2.06 bits per heavy atom. The zero-order valence-corrected chi connectivity index (χ0v) is 10.9. The van der Waals surface area contributed by atoms with Crippen molar-refractivity contribution in [3.8, 4) is 0 Å². The van der Waals surface area contributed by atoms with E-state index in [0.717, 1.165) is 5.56 Å². The molecule has 1 aliphatic rings. The van der Waals surface area contributed by atoms with Gasteiger partial charge < -0.3 is 0 Å². The number of hydrogen-bond donors (Lipinski definition) is 0. The quantitative estimate of drug-likeness (QED) is 0.776. The van der Waals surface area contributed by atoms with Crippen LogP contribution in [0.2, 0.25) is 0 Å². The highest BCUT2D eigenvalue weighted by Crippen LogP contribution is 2.65. The Balaban J connectivity index is 2.30. The van der Waals surface area contributed by atoms with Crippen molar-refractivity contribution in [2.24, 2.45) is 11.3 Å². The third-order valence-corrected chi connectivity index (χ3v) is 4.06. The lowest BCUT2D eigenvalue weighted by atomic mass is 10.0. The number of rotatable bonds is 3. The third-order valence-electron chi connectivity index (χ3n) is 4.06. The van der Waals surface area contributed by atoms with Gasteiger partial charge in [0, 0.05) is 12.3 Å². The van der Waals surface area contributed by atoms with Crippen molar-refractivity contribution in [1.82, 2.24) is 0 Å². The van der Waals surface area contributed by atoms with Gasteiger partial charge in [-0.05, 0) is 35.4 Å². The van der Waals surface area contributed by atoms with Crippen LogP contribution in [0.15, 0.2) is 18.2 Å². The Kier molecular flexibility index (Phi) is 2.84. The maximum Gasteiger partial charge on any atom is 0.136 e. The summed E-state index contributed by atoms with van der Waals surface area (Å²) in [6, 6.07) is 5.20. The molecule has 2 rings (SSSR count). The number of ketones is 1. The average Bonchev–Trinajstić information content (AvgIpc) is 2.84. The predicted molar refractivity (Wildman–Crippen MR) is 66.4 cm³/mol. The van der Waals surface area contributed by atoms with Gasteiger partial charge in [0.1, 0.15) is 11.6 Å². The molecule has 2 atom stereocenters. The van der Waals surface area contributed by atoms with E-state index < -0.39 is 0 Å². The minimum atomic E-state index is -0.175. The Morgan fingerprint density at radius 3 is 2.59 bits per heavy atom. The molecule has 1 aliphatic carbocycles. The fourth-order valence-electron chi connectivity index (χ4n) is 2.94. The molecule has 0 amide bonds. The summed E-state index contributed by atoms with van der Waals surface area (Å²) in [5, 5.41) is 0. The standard InChI is InChI=1S/C15H19FO/c1-5-12(17)14-13(15(14,3)4)10-6-7-11(16)9(2)8-10/h6-8,13-14H,5H2,1-4H3/t13-,14-/m1/s1. The van der Waals surface area contributed by atoms with E-state index in [-0.39, 0.29) is 23.1 Å². The zero-order chi connectivity index (χ0) is 12.8. The van der Waals surface area contributed by atoms with Gasteiger partial charge in [0.15, 0.2) is 0 Å². The van der Waals surface area contributed by atoms with Crippen molar-refractivity contribution in [3.63, 3.8) is 0 Å². The van der Waals surface area contributed by atoms with Crippen LogP contribution >= 0.6 is 0 Å². The molecular formula is C15H19FO. The Morgan fingerprint density at radius 1 is 1.41 bits per heavy atom. The van der Waals surface area contributed by atoms with Crippen LogP contribution in [0.25, 0.3) is 0 Å². The number of carbonyl (C=O) groups is 1. The van der Waals surface area contributed by atoms with Crippen LogP contribution in [0.1, 0.15) is 44.2 Å². The van der Waals surface area contributed by atoms with Crippen molar-refractivity contribution >= 4 is 5.78 Å². The Bertz CT molecular complexity index is 462. The van der Waals surface area contributed by atoms with Crippen molar-refractivity contribution in [2.45, 2.75) is 40.0 Å². The number of hydrogen-bond acceptors (Lipinski definition) is 1. The first-order valence-corrected chi connectivity index (χ1v) is 6.18. The van der Waals surface area contributed by atoms with Gasteiger partial charge in [0.25, 0.3) is 0 Å². The minimum absolute atomic E-state index is 0.0252. The summed E-state index contributed by atoms with van der Waals surface area (Å²) in [5.41, 5.74) is 1.78. The summed E-state index contributed by atoms with van der Waals surface area (Å²) >= 11 is 0. The van der Waals surface area contributed by atoms with Gasteiger partial charge in [-0.25, -0.2) is 4.39 Å². The molecule has 0 saturated heterocycles. The highest BCUT2D eigenvalue weighted by molar-refractivity contribution is 5.86. The van der Waals surface area contributed by atoms with Crippen LogP contribution in [0, 0.1) is 24.1 Å². The van der Waals surface area contributed by atoms with E-state index in [2.05, 4.69) is 13.8 Å². The van der Waals surface area contributed by atoms with E-state index >= 15 is 0 Å². The molecule has 0 radical (unpaired) electrons. The molecular weight excluding hydrogens is 215 g/mol. The monoisotopic (exact) mass is 234 g/mol. The van der Waals surface area contributed by atoms with Gasteiger partial charge in [-0.3, -0.25) is 4.79 Å². The average molecular weight is 234 g/mol. The molecule has 0 unspecified atom stereocenters. The largest absolute Gasteiger partial charge is 0.299 e. The number of halogens is 1. The second-order valence-corrected chi connectivity index (χ2v) is 5.61. The second kappa shape index (κ2) is 3.94. The number of benzene rings is 1. The van der Waals surface area contributed by atoms with E-state index in [1.807, 2.05) is 19.1 Å².